The van der Waals surface area contributed by atoms with Crippen molar-refractivity contribution in [3.63, 3.8) is 0 Å². The number of fused-ring (bicyclic) bond motifs is 2. The van der Waals surface area contributed by atoms with Gasteiger partial charge in [0.25, 0.3) is 0 Å². The number of imidazole rings is 1. The second-order valence-electron chi connectivity index (χ2n) is 8.92. The van der Waals surface area contributed by atoms with Crippen molar-refractivity contribution in [2.45, 2.75) is 44.6 Å². The third kappa shape index (κ3) is 7.52. The highest BCUT2D eigenvalue weighted by atomic mass is 19.4. The number of carboxylic acids is 1. The van der Waals surface area contributed by atoms with Gasteiger partial charge in [-0.15, -0.1) is 0 Å². The molecule has 0 bridgehead atoms. The van der Waals surface area contributed by atoms with E-state index >= 15 is 0 Å². The molecule has 2 aliphatic rings. The maximum atomic E-state index is 12.7. The fourth-order valence-electron chi connectivity index (χ4n) is 4.16. The average Bonchev–Trinajstić information content (AvgIpc) is 3.31. The highest BCUT2D eigenvalue weighted by Gasteiger charge is 2.28. The van der Waals surface area contributed by atoms with E-state index in [0.717, 1.165) is 0 Å². The lowest BCUT2D eigenvalue weighted by molar-refractivity contribution is -0.137. The number of aliphatic carboxylic acids is 1. The van der Waals surface area contributed by atoms with Gasteiger partial charge in [0.2, 0.25) is 0 Å². The van der Waals surface area contributed by atoms with E-state index in [1.54, 1.807) is 24.5 Å². The van der Waals surface area contributed by atoms with Crippen molar-refractivity contribution in [3.8, 4) is 22.7 Å². The number of benzene rings is 2. The van der Waals surface area contributed by atoms with E-state index in [0.29, 0.717) is 48.1 Å². The van der Waals surface area contributed by atoms with E-state index < -0.39 is 31.4 Å². The van der Waals surface area contributed by atoms with E-state index in [-0.39, 0.29) is 28.8 Å². The number of anilines is 1. The number of alkyl halides is 6. The van der Waals surface area contributed by atoms with Gasteiger partial charge in [0.05, 0.1) is 5.36 Å². The van der Waals surface area contributed by atoms with Gasteiger partial charge >= 0.3 is 18.3 Å². The first kappa shape index (κ1) is 28.0. The minimum absolute atomic E-state index is 0.0296. The Morgan fingerprint density at radius 1 is 1.03 bits per heavy atom. The lowest BCUT2D eigenvalue weighted by atomic mass is 9.98. The number of nitrogens with zero attached hydrogens (tertiary/aromatic N) is 3. The van der Waals surface area contributed by atoms with Crippen LogP contribution in [0.1, 0.15) is 25.7 Å². The zero-order valence-electron chi connectivity index (χ0n) is 20.4. The van der Waals surface area contributed by atoms with E-state index in [2.05, 4.69) is 15.3 Å². The standard InChI is InChI=1S/C26H24F6N4O3/c27-25(28,29)14-34-16-5-7-18-20(12-16)39-21-13-17(35-15-26(30,31)32)6-8-19(21)23(18)24-33-9-11-36(24)10-3-1-2-4-22(37)38/h5-9,11-13,34H,1-4,10,14-15H2,(H,37,38)/b35-17-. The van der Waals surface area contributed by atoms with Crippen LogP contribution in [0.3, 0.4) is 0 Å². The van der Waals surface area contributed by atoms with Gasteiger partial charge in [0, 0.05) is 59.7 Å². The van der Waals surface area contributed by atoms with Crippen LogP contribution in [0.15, 0.2) is 58.2 Å². The van der Waals surface area contributed by atoms with Gasteiger partial charge in [-0.2, -0.15) is 26.3 Å². The molecule has 4 rings (SSSR count). The summed E-state index contributed by atoms with van der Waals surface area (Å²) in [5, 5.41) is 11.7. The van der Waals surface area contributed by atoms with Crippen LogP contribution in [0.25, 0.3) is 33.7 Å². The van der Waals surface area contributed by atoms with E-state index in [4.69, 9.17) is 9.52 Å². The molecule has 0 unspecified atom stereocenters. The molecule has 0 radical (unpaired) electrons. The zero-order valence-corrected chi connectivity index (χ0v) is 20.4. The Morgan fingerprint density at radius 3 is 2.54 bits per heavy atom. The summed E-state index contributed by atoms with van der Waals surface area (Å²) in [7, 11) is 0. The Bertz CT molecular complexity index is 1490. The van der Waals surface area contributed by atoms with Crippen LogP contribution in [-0.4, -0.2) is 46.1 Å². The fourth-order valence-corrected chi connectivity index (χ4v) is 4.16. The topological polar surface area (TPSA) is 92.6 Å². The summed E-state index contributed by atoms with van der Waals surface area (Å²) < 4.78 is 84.1. The third-order valence-corrected chi connectivity index (χ3v) is 5.87. The molecule has 1 aliphatic heterocycles. The van der Waals surface area contributed by atoms with Crippen molar-refractivity contribution in [2.24, 2.45) is 4.99 Å². The lowest BCUT2D eigenvalue weighted by Crippen LogP contribution is -2.21. The van der Waals surface area contributed by atoms with Crippen LogP contribution in [0, 0.1) is 0 Å². The van der Waals surface area contributed by atoms with Gasteiger partial charge in [-0.05, 0) is 37.1 Å². The van der Waals surface area contributed by atoms with Crippen LogP contribution in [0.2, 0.25) is 0 Å². The largest absolute Gasteiger partial charge is 0.481 e. The number of carbonyl (C=O) groups is 1. The molecule has 0 saturated heterocycles. The number of rotatable bonds is 10. The molecule has 2 N–H and O–H groups in total. The van der Waals surface area contributed by atoms with Crippen molar-refractivity contribution < 1.29 is 40.7 Å². The van der Waals surface area contributed by atoms with Crippen LogP contribution in [0.4, 0.5) is 32.0 Å². The van der Waals surface area contributed by atoms with Crippen LogP contribution in [0.5, 0.6) is 0 Å². The molecule has 0 saturated carbocycles. The molecule has 39 heavy (non-hydrogen) atoms. The molecule has 0 fully saturated rings. The SMILES string of the molecule is O=C(O)CCCCCn1ccnc1-c1c2cc/c(=N/CC(F)(F)F)cc-2oc2cc(NCC(F)(F)F)ccc12. The minimum atomic E-state index is -4.49. The number of unbranched alkanes of at least 4 members (excludes halogenated alkanes) is 2. The fraction of sp³-hybridized carbons (Fsp3) is 0.346. The second kappa shape index (κ2) is 11.4. The molecule has 0 spiro atoms. The second-order valence-corrected chi connectivity index (χ2v) is 8.92. The van der Waals surface area contributed by atoms with E-state index in [1.165, 1.54) is 24.3 Å². The average molecular weight is 554 g/mol. The number of carboxylic acid groups (broad SMARTS) is 1. The summed E-state index contributed by atoms with van der Waals surface area (Å²) in [6, 6.07) is 8.81. The number of aryl methyl sites for hydroxylation is 1. The highest BCUT2D eigenvalue weighted by Crippen LogP contribution is 2.40. The Kier molecular flexibility index (Phi) is 8.17. The van der Waals surface area contributed by atoms with Gasteiger partial charge in [-0.1, -0.05) is 6.42 Å². The minimum Gasteiger partial charge on any atom is -0.481 e. The summed E-state index contributed by atoms with van der Waals surface area (Å²) in [6.45, 7) is -2.11. The summed E-state index contributed by atoms with van der Waals surface area (Å²) >= 11 is 0. The number of hydrogen-bond donors (Lipinski definition) is 2. The van der Waals surface area contributed by atoms with Crippen molar-refractivity contribution in [1.29, 1.82) is 0 Å². The predicted octanol–water partition coefficient (Wildman–Crippen LogP) is 6.48. The molecule has 0 atom stereocenters. The molecule has 208 valence electrons. The van der Waals surface area contributed by atoms with Gasteiger partial charge < -0.3 is 19.4 Å². The Hall–Kier alpha value is -4.03. The molecular weight excluding hydrogens is 530 g/mol. The van der Waals surface area contributed by atoms with Crippen molar-refractivity contribution in [1.82, 2.24) is 9.55 Å². The van der Waals surface area contributed by atoms with Crippen molar-refractivity contribution in [2.75, 3.05) is 18.4 Å². The Morgan fingerprint density at radius 2 is 1.82 bits per heavy atom. The smallest absolute Gasteiger partial charge is 0.407 e. The molecule has 13 heteroatoms. The van der Waals surface area contributed by atoms with Crippen LogP contribution < -0.4 is 10.7 Å². The Labute approximate surface area is 218 Å². The number of halogens is 6. The summed E-state index contributed by atoms with van der Waals surface area (Å²) in [5.74, 6) is -0.158. The van der Waals surface area contributed by atoms with E-state index in [9.17, 15) is 31.1 Å². The van der Waals surface area contributed by atoms with Crippen molar-refractivity contribution in [3.05, 3.63) is 54.1 Å². The number of nitrogens with one attached hydrogen (secondary N) is 1. The Balaban J connectivity index is 1.79. The first-order valence-corrected chi connectivity index (χ1v) is 12.0. The van der Waals surface area contributed by atoms with Crippen molar-refractivity contribution >= 4 is 22.6 Å². The number of hydrogen-bond acceptors (Lipinski definition) is 5. The highest BCUT2D eigenvalue weighted by molar-refractivity contribution is 6.01. The lowest BCUT2D eigenvalue weighted by Gasteiger charge is -2.17. The first-order chi connectivity index (χ1) is 18.4. The maximum Gasteiger partial charge on any atom is 0.407 e. The quantitative estimate of drug-likeness (QED) is 0.133. The molecule has 1 aliphatic carbocycles. The zero-order chi connectivity index (χ0) is 28.2. The van der Waals surface area contributed by atoms with Gasteiger partial charge in [-0.3, -0.25) is 9.79 Å². The summed E-state index contributed by atoms with van der Waals surface area (Å²) in [6.07, 6.45) is -3.66. The molecule has 1 aromatic heterocycles. The van der Waals surface area contributed by atoms with Gasteiger partial charge in [0.15, 0.2) is 0 Å². The third-order valence-electron chi connectivity index (χ3n) is 5.87. The van der Waals surface area contributed by atoms with Gasteiger partial charge in [-0.25, -0.2) is 4.98 Å². The monoisotopic (exact) mass is 554 g/mol. The van der Waals surface area contributed by atoms with Crippen LogP contribution in [-0.2, 0) is 11.3 Å². The van der Waals surface area contributed by atoms with Gasteiger partial charge in [0.1, 0.15) is 30.3 Å². The summed E-state index contributed by atoms with van der Waals surface area (Å²) in [4.78, 5) is 18.8. The predicted molar refractivity (Wildman–Crippen MR) is 131 cm³/mol. The molecule has 2 aromatic rings. The summed E-state index contributed by atoms with van der Waals surface area (Å²) in [5.41, 5.74) is 1.47. The molecule has 0 amide bonds. The first-order valence-electron chi connectivity index (χ1n) is 12.0. The van der Waals surface area contributed by atoms with E-state index in [1.807, 2.05) is 4.57 Å². The number of aromatic nitrogens is 2. The van der Waals surface area contributed by atoms with Crippen LogP contribution >= 0.6 is 0 Å². The maximum absolute atomic E-state index is 12.7. The molecule has 2 heterocycles. The normalized spacial score (nSPS) is 12.9. The molecular formula is C26H24F6N4O3. The molecule has 1 aromatic carbocycles. The molecule has 7 nitrogen and oxygen atoms in total.